The SMILES string of the molecule is CCC(C)NC(=O)CN1CCN(CC(=O)N(C)C2CCCCC2)CC1. The van der Waals surface area contributed by atoms with Crippen LogP contribution >= 0.6 is 0 Å². The van der Waals surface area contributed by atoms with E-state index >= 15 is 0 Å². The van der Waals surface area contributed by atoms with Crippen LogP contribution in [0.4, 0.5) is 0 Å². The quantitative estimate of drug-likeness (QED) is 0.751. The normalized spacial score (nSPS) is 21.7. The molecule has 2 rings (SSSR count). The highest BCUT2D eigenvalue weighted by Crippen LogP contribution is 2.21. The molecule has 1 aliphatic carbocycles. The van der Waals surface area contributed by atoms with Crippen molar-refractivity contribution in [3.05, 3.63) is 0 Å². The Morgan fingerprint density at radius 3 is 2.16 bits per heavy atom. The van der Waals surface area contributed by atoms with Crippen LogP contribution in [0.25, 0.3) is 0 Å². The van der Waals surface area contributed by atoms with E-state index in [2.05, 4.69) is 22.0 Å². The maximum Gasteiger partial charge on any atom is 0.236 e. The van der Waals surface area contributed by atoms with Crippen LogP contribution in [-0.4, -0.2) is 84.9 Å². The van der Waals surface area contributed by atoms with Crippen LogP contribution in [0.15, 0.2) is 0 Å². The van der Waals surface area contributed by atoms with E-state index in [4.69, 9.17) is 0 Å². The van der Waals surface area contributed by atoms with Crippen molar-refractivity contribution >= 4 is 11.8 Å². The fourth-order valence-electron chi connectivity index (χ4n) is 3.71. The van der Waals surface area contributed by atoms with Gasteiger partial charge in [-0.25, -0.2) is 0 Å². The van der Waals surface area contributed by atoms with Gasteiger partial charge in [0.2, 0.25) is 11.8 Å². The summed E-state index contributed by atoms with van der Waals surface area (Å²) in [5.74, 6) is 0.353. The molecule has 0 aromatic heterocycles. The number of hydrogen-bond acceptors (Lipinski definition) is 4. The summed E-state index contributed by atoms with van der Waals surface area (Å²) in [6.45, 7) is 8.52. The Labute approximate surface area is 152 Å². The largest absolute Gasteiger partial charge is 0.353 e. The van der Waals surface area contributed by atoms with E-state index in [-0.39, 0.29) is 17.9 Å². The summed E-state index contributed by atoms with van der Waals surface area (Å²) in [5, 5.41) is 3.02. The number of likely N-dealkylation sites (N-methyl/N-ethyl adjacent to an activating group) is 1. The van der Waals surface area contributed by atoms with E-state index in [1.807, 2.05) is 18.9 Å². The minimum absolute atomic E-state index is 0.107. The van der Waals surface area contributed by atoms with E-state index in [0.29, 0.717) is 19.1 Å². The second-order valence-electron chi connectivity index (χ2n) is 7.73. The Hall–Kier alpha value is -1.14. The summed E-state index contributed by atoms with van der Waals surface area (Å²) in [6, 6.07) is 0.675. The number of piperazine rings is 1. The maximum absolute atomic E-state index is 12.5. The molecule has 1 N–H and O–H groups in total. The lowest BCUT2D eigenvalue weighted by atomic mass is 9.94. The van der Waals surface area contributed by atoms with Gasteiger partial charge in [-0.3, -0.25) is 19.4 Å². The summed E-state index contributed by atoms with van der Waals surface area (Å²) in [4.78, 5) is 30.9. The predicted molar refractivity (Wildman–Crippen MR) is 100 cm³/mol. The van der Waals surface area contributed by atoms with E-state index in [1.54, 1.807) is 0 Å². The molecule has 2 aliphatic rings. The molecular formula is C19H36N4O2. The average molecular weight is 353 g/mol. The van der Waals surface area contributed by atoms with Crippen molar-refractivity contribution < 1.29 is 9.59 Å². The smallest absolute Gasteiger partial charge is 0.236 e. The molecule has 1 aliphatic heterocycles. The van der Waals surface area contributed by atoms with Crippen LogP contribution < -0.4 is 5.32 Å². The van der Waals surface area contributed by atoms with Crippen molar-refractivity contribution in [2.45, 2.75) is 64.5 Å². The monoisotopic (exact) mass is 352 g/mol. The molecule has 0 radical (unpaired) electrons. The van der Waals surface area contributed by atoms with Crippen molar-refractivity contribution in [3.8, 4) is 0 Å². The van der Waals surface area contributed by atoms with Gasteiger partial charge in [0.05, 0.1) is 13.1 Å². The second-order valence-corrected chi connectivity index (χ2v) is 7.73. The first-order chi connectivity index (χ1) is 12.0. The Morgan fingerprint density at radius 1 is 1.04 bits per heavy atom. The highest BCUT2D eigenvalue weighted by Gasteiger charge is 2.25. The molecule has 1 unspecified atom stereocenters. The van der Waals surface area contributed by atoms with Crippen LogP contribution in [-0.2, 0) is 9.59 Å². The summed E-state index contributed by atoms with van der Waals surface area (Å²) in [6.07, 6.45) is 7.07. The number of hydrogen-bond donors (Lipinski definition) is 1. The van der Waals surface area contributed by atoms with Crippen molar-refractivity contribution in [1.82, 2.24) is 20.0 Å². The van der Waals surface area contributed by atoms with Gasteiger partial charge in [-0.1, -0.05) is 26.2 Å². The van der Waals surface area contributed by atoms with Gasteiger partial charge < -0.3 is 10.2 Å². The fraction of sp³-hybridized carbons (Fsp3) is 0.895. The average Bonchev–Trinajstić information content (AvgIpc) is 2.63. The van der Waals surface area contributed by atoms with E-state index < -0.39 is 0 Å². The highest BCUT2D eigenvalue weighted by molar-refractivity contribution is 5.79. The third-order valence-electron chi connectivity index (χ3n) is 5.73. The Balaban J connectivity index is 1.67. The molecular weight excluding hydrogens is 316 g/mol. The summed E-state index contributed by atoms with van der Waals surface area (Å²) in [7, 11) is 1.97. The number of rotatable bonds is 7. The molecule has 0 aromatic carbocycles. The first-order valence-electron chi connectivity index (χ1n) is 9.99. The van der Waals surface area contributed by atoms with Gasteiger partial charge in [0.1, 0.15) is 0 Å². The summed E-state index contributed by atoms with van der Waals surface area (Å²) < 4.78 is 0. The molecule has 6 nitrogen and oxygen atoms in total. The fourth-order valence-corrected chi connectivity index (χ4v) is 3.71. The lowest BCUT2D eigenvalue weighted by molar-refractivity contribution is -0.134. The van der Waals surface area contributed by atoms with Gasteiger partial charge in [-0.2, -0.15) is 0 Å². The first-order valence-corrected chi connectivity index (χ1v) is 9.99. The topological polar surface area (TPSA) is 55.9 Å². The predicted octanol–water partition coefficient (Wildman–Crippen LogP) is 1.31. The molecule has 0 aromatic rings. The zero-order chi connectivity index (χ0) is 18.2. The van der Waals surface area contributed by atoms with Crippen molar-refractivity contribution in [1.29, 1.82) is 0 Å². The number of carbonyl (C=O) groups excluding carboxylic acids is 2. The van der Waals surface area contributed by atoms with Crippen LogP contribution in [0.1, 0.15) is 52.4 Å². The van der Waals surface area contributed by atoms with Gasteiger partial charge in [0.25, 0.3) is 0 Å². The molecule has 2 amide bonds. The third-order valence-corrected chi connectivity index (χ3v) is 5.73. The van der Waals surface area contributed by atoms with Gasteiger partial charge in [0.15, 0.2) is 0 Å². The molecule has 1 heterocycles. The van der Waals surface area contributed by atoms with Gasteiger partial charge in [-0.05, 0) is 26.2 Å². The molecule has 0 spiro atoms. The number of amides is 2. The highest BCUT2D eigenvalue weighted by atomic mass is 16.2. The molecule has 6 heteroatoms. The lowest BCUT2D eigenvalue weighted by Crippen LogP contribution is -2.53. The standard InChI is InChI=1S/C19H36N4O2/c1-4-16(2)20-18(24)14-22-10-12-23(13-11-22)15-19(25)21(3)17-8-6-5-7-9-17/h16-17H,4-15H2,1-3H3,(H,20,24). The second kappa shape index (κ2) is 10.1. The molecule has 25 heavy (non-hydrogen) atoms. The van der Waals surface area contributed by atoms with Crippen LogP contribution in [0.5, 0.6) is 0 Å². The van der Waals surface area contributed by atoms with Crippen molar-refractivity contribution in [2.24, 2.45) is 0 Å². The third kappa shape index (κ3) is 6.59. The molecule has 144 valence electrons. The summed E-state index contributed by atoms with van der Waals surface area (Å²) in [5.41, 5.74) is 0. The summed E-state index contributed by atoms with van der Waals surface area (Å²) >= 11 is 0. The molecule has 1 saturated carbocycles. The van der Waals surface area contributed by atoms with Gasteiger partial charge >= 0.3 is 0 Å². The van der Waals surface area contributed by atoms with Gasteiger partial charge in [-0.15, -0.1) is 0 Å². The first kappa shape index (κ1) is 20.2. The van der Waals surface area contributed by atoms with Crippen molar-refractivity contribution in [3.63, 3.8) is 0 Å². The van der Waals surface area contributed by atoms with Crippen LogP contribution in [0.2, 0.25) is 0 Å². The molecule has 0 bridgehead atoms. The molecule has 1 saturated heterocycles. The Kier molecular flexibility index (Phi) is 8.16. The zero-order valence-corrected chi connectivity index (χ0v) is 16.3. The van der Waals surface area contributed by atoms with Crippen LogP contribution in [0, 0.1) is 0 Å². The zero-order valence-electron chi connectivity index (χ0n) is 16.3. The Morgan fingerprint density at radius 2 is 1.60 bits per heavy atom. The van der Waals surface area contributed by atoms with E-state index in [9.17, 15) is 9.59 Å². The van der Waals surface area contributed by atoms with E-state index in [1.165, 1.54) is 19.3 Å². The number of nitrogens with zero attached hydrogens (tertiary/aromatic N) is 3. The van der Waals surface area contributed by atoms with E-state index in [0.717, 1.165) is 45.4 Å². The molecule has 2 fully saturated rings. The Bertz CT molecular complexity index is 429. The minimum atomic E-state index is 0.107. The number of carbonyl (C=O) groups is 2. The van der Waals surface area contributed by atoms with Crippen molar-refractivity contribution in [2.75, 3.05) is 46.3 Å². The lowest BCUT2D eigenvalue weighted by Gasteiger charge is -2.36. The molecule has 1 atom stereocenters. The minimum Gasteiger partial charge on any atom is -0.353 e. The maximum atomic E-state index is 12.5. The number of nitrogens with one attached hydrogen (secondary N) is 1. The van der Waals surface area contributed by atoms with Crippen LogP contribution in [0.3, 0.4) is 0 Å². The van der Waals surface area contributed by atoms with Gasteiger partial charge in [0, 0.05) is 45.3 Å².